The maximum atomic E-state index is 13.9. The lowest BCUT2D eigenvalue weighted by Gasteiger charge is -2.18. The Bertz CT molecular complexity index is 1560. The molecular formula is C33H31N3O5. The van der Waals surface area contributed by atoms with Gasteiger partial charge < -0.3 is 18.9 Å². The van der Waals surface area contributed by atoms with E-state index in [2.05, 4.69) is 9.97 Å². The molecule has 1 aromatic heterocycles. The van der Waals surface area contributed by atoms with E-state index in [9.17, 15) is 4.79 Å². The zero-order chi connectivity index (χ0) is 29.2. The highest BCUT2D eigenvalue weighted by Gasteiger charge is 2.25. The van der Waals surface area contributed by atoms with Crippen LogP contribution in [0, 0.1) is 11.3 Å². The van der Waals surface area contributed by atoms with Gasteiger partial charge in [-0.2, -0.15) is 15.2 Å². The van der Waals surface area contributed by atoms with E-state index in [0.717, 1.165) is 28.2 Å². The van der Waals surface area contributed by atoms with E-state index >= 15 is 0 Å². The number of carbonyl (C=O) groups is 1. The average Bonchev–Trinajstić information content (AvgIpc) is 3.01. The Balaban J connectivity index is 1.71. The van der Waals surface area contributed by atoms with Crippen LogP contribution in [0.3, 0.4) is 0 Å². The van der Waals surface area contributed by atoms with Crippen LogP contribution in [0.15, 0.2) is 78.9 Å². The molecule has 4 aromatic rings. The molecule has 0 bridgehead atoms. The van der Waals surface area contributed by atoms with Gasteiger partial charge in [0.15, 0.2) is 0 Å². The van der Waals surface area contributed by atoms with Gasteiger partial charge in [-0.15, -0.1) is 0 Å². The van der Waals surface area contributed by atoms with E-state index in [1.54, 1.807) is 38.5 Å². The Labute approximate surface area is 239 Å². The molecule has 0 fully saturated rings. The second kappa shape index (κ2) is 13.8. The van der Waals surface area contributed by atoms with E-state index < -0.39 is 0 Å². The zero-order valence-electron chi connectivity index (χ0n) is 23.5. The number of ketones is 1. The molecule has 0 aliphatic rings. The first-order valence-corrected chi connectivity index (χ1v) is 13.1. The summed E-state index contributed by atoms with van der Waals surface area (Å²) >= 11 is 0. The Morgan fingerprint density at radius 3 is 2.05 bits per heavy atom. The summed E-state index contributed by atoms with van der Waals surface area (Å²) in [5.41, 5.74) is 3.72. The van der Waals surface area contributed by atoms with Crippen molar-refractivity contribution >= 4 is 11.9 Å². The van der Waals surface area contributed by atoms with Crippen LogP contribution in [0.25, 0.3) is 6.08 Å². The van der Waals surface area contributed by atoms with Crippen LogP contribution in [-0.2, 0) is 13.2 Å². The minimum absolute atomic E-state index is 0.0267. The Morgan fingerprint density at radius 2 is 1.49 bits per heavy atom. The van der Waals surface area contributed by atoms with Crippen molar-refractivity contribution in [1.29, 1.82) is 5.26 Å². The van der Waals surface area contributed by atoms with E-state index in [1.807, 2.05) is 74.5 Å². The monoisotopic (exact) mass is 549 g/mol. The van der Waals surface area contributed by atoms with Crippen molar-refractivity contribution in [1.82, 2.24) is 9.97 Å². The number of carbonyl (C=O) groups excluding carboxylic acids is 1. The third-order valence-corrected chi connectivity index (χ3v) is 6.24. The molecule has 208 valence electrons. The summed E-state index contributed by atoms with van der Waals surface area (Å²) < 4.78 is 22.6. The van der Waals surface area contributed by atoms with Crippen LogP contribution < -0.4 is 18.9 Å². The van der Waals surface area contributed by atoms with Crippen molar-refractivity contribution < 1.29 is 23.7 Å². The van der Waals surface area contributed by atoms with E-state index in [4.69, 9.17) is 24.2 Å². The smallest absolute Gasteiger partial charge is 0.320 e. The van der Waals surface area contributed by atoms with Gasteiger partial charge in [0.05, 0.1) is 20.3 Å². The molecule has 0 amide bonds. The third-order valence-electron chi connectivity index (χ3n) is 6.24. The first-order valence-electron chi connectivity index (χ1n) is 13.1. The summed E-state index contributed by atoms with van der Waals surface area (Å²) in [6, 6.07) is 24.0. The summed E-state index contributed by atoms with van der Waals surface area (Å²) in [4.78, 5) is 23.0. The fraction of sp³-hybridized carbons (Fsp3) is 0.212. The van der Waals surface area contributed by atoms with Crippen molar-refractivity contribution in [3.8, 4) is 29.5 Å². The molecular weight excluding hydrogens is 518 g/mol. The van der Waals surface area contributed by atoms with Crippen LogP contribution in [-0.4, -0.2) is 30.0 Å². The summed E-state index contributed by atoms with van der Waals surface area (Å²) in [7, 11) is 3.22. The van der Waals surface area contributed by atoms with Crippen LogP contribution in [0.2, 0.25) is 0 Å². The van der Waals surface area contributed by atoms with Gasteiger partial charge in [-0.05, 0) is 59.0 Å². The summed E-state index contributed by atoms with van der Waals surface area (Å²) in [5.74, 6) is 1.33. The number of nitriles is 1. The van der Waals surface area contributed by atoms with Gasteiger partial charge >= 0.3 is 6.01 Å². The standard InChI is InChI=1S/C33H31N3O5/c1-22(2)29-30(31(37)26-9-5-7-23(19-26)8-6-18-34)35-33(41-21-25-12-16-28(39-4)17-13-25)36-32(29)40-20-24-10-14-27(38-3)15-11-24/h5-17,19,22H,20-21H2,1-4H3/b8-6+. The topological polar surface area (TPSA) is 104 Å². The predicted molar refractivity (Wildman–Crippen MR) is 155 cm³/mol. The molecule has 0 radical (unpaired) electrons. The molecule has 41 heavy (non-hydrogen) atoms. The van der Waals surface area contributed by atoms with E-state index in [-0.39, 0.29) is 42.5 Å². The zero-order valence-corrected chi connectivity index (χ0v) is 23.5. The number of allylic oxidation sites excluding steroid dienone is 1. The number of rotatable bonds is 12. The first-order chi connectivity index (χ1) is 19.9. The maximum absolute atomic E-state index is 13.9. The highest BCUT2D eigenvalue weighted by Crippen LogP contribution is 2.32. The fourth-order valence-corrected chi connectivity index (χ4v) is 4.09. The second-order valence-electron chi connectivity index (χ2n) is 9.42. The van der Waals surface area contributed by atoms with Gasteiger partial charge in [0, 0.05) is 17.2 Å². The molecule has 0 spiro atoms. The van der Waals surface area contributed by atoms with Crippen molar-refractivity contribution in [2.75, 3.05) is 14.2 Å². The fourth-order valence-electron chi connectivity index (χ4n) is 4.09. The van der Waals surface area contributed by atoms with Crippen molar-refractivity contribution in [3.63, 3.8) is 0 Å². The molecule has 0 saturated heterocycles. The summed E-state index contributed by atoms with van der Waals surface area (Å²) in [6.07, 6.45) is 3.01. The number of nitrogens with zero attached hydrogens (tertiary/aromatic N) is 3. The Kier molecular flexibility index (Phi) is 9.68. The van der Waals surface area contributed by atoms with Gasteiger partial charge in [0.2, 0.25) is 11.7 Å². The lowest BCUT2D eigenvalue weighted by Crippen LogP contribution is -2.15. The van der Waals surface area contributed by atoms with Crippen LogP contribution in [0.1, 0.15) is 58.1 Å². The van der Waals surface area contributed by atoms with Gasteiger partial charge in [-0.1, -0.05) is 56.3 Å². The van der Waals surface area contributed by atoms with E-state index in [1.165, 1.54) is 6.08 Å². The van der Waals surface area contributed by atoms with Gasteiger partial charge in [-0.3, -0.25) is 4.79 Å². The highest BCUT2D eigenvalue weighted by atomic mass is 16.5. The van der Waals surface area contributed by atoms with Crippen LogP contribution in [0.4, 0.5) is 0 Å². The van der Waals surface area contributed by atoms with Gasteiger partial charge in [0.1, 0.15) is 30.4 Å². The van der Waals surface area contributed by atoms with Gasteiger partial charge in [-0.25, -0.2) is 0 Å². The molecule has 0 saturated carbocycles. The first kappa shape index (κ1) is 28.8. The van der Waals surface area contributed by atoms with Crippen molar-refractivity contribution in [3.05, 3.63) is 112 Å². The minimum atomic E-state index is -0.299. The molecule has 8 heteroatoms. The summed E-state index contributed by atoms with van der Waals surface area (Å²) in [6.45, 7) is 4.32. The molecule has 0 unspecified atom stereocenters. The maximum Gasteiger partial charge on any atom is 0.320 e. The molecule has 8 nitrogen and oxygen atoms in total. The minimum Gasteiger partial charge on any atom is -0.497 e. The van der Waals surface area contributed by atoms with Crippen molar-refractivity contribution in [2.45, 2.75) is 33.0 Å². The van der Waals surface area contributed by atoms with Crippen LogP contribution in [0.5, 0.6) is 23.4 Å². The number of hydrogen-bond donors (Lipinski definition) is 0. The predicted octanol–water partition coefficient (Wildman–Crippen LogP) is 6.54. The quantitative estimate of drug-likeness (QED) is 0.145. The van der Waals surface area contributed by atoms with Crippen molar-refractivity contribution in [2.24, 2.45) is 0 Å². The third kappa shape index (κ3) is 7.49. The number of aromatic nitrogens is 2. The normalized spacial score (nSPS) is 10.8. The largest absolute Gasteiger partial charge is 0.497 e. The lowest BCUT2D eigenvalue weighted by molar-refractivity contribution is 0.102. The molecule has 0 atom stereocenters. The summed E-state index contributed by atoms with van der Waals surface area (Å²) in [5, 5.41) is 8.90. The van der Waals surface area contributed by atoms with Crippen LogP contribution >= 0.6 is 0 Å². The molecule has 3 aromatic carbocycles. The Morgan fingerprint density at radius 1 is 0.878 bits per heavy atom. The molecule has 0 aliphatic heterocycles. The second-order valence-corrected chi connectivity index (χ2v) is 9.42. The number of ether oxygens (including phenoxy) is 4. The highest BCUT2D eigenvalue weighted by molar-refractivity contribution is 6.09. The molecule has 0 aliphatic carbocycles. The number of hydrogen-bond acceptors (Lipinski definition) is 8. The van der Waals surface area contributed by atoms with E-state index in [0.29, 0.717) is 11.1 Å². The molecule has 1 heterocycles. The Hall–Kier alpha value is -5.16. The average molecular weight is 550 g/mol. The lowest BCUT2D eigenvalue weighted by atomic mass is 9.96. The number of methoxy groups -OCH3 is 2. The van der Waals surface area contributed by atoms with Gasteiger partial charge in [0.25, 0.3) is 0 Å². The molecule has 0 N–H and O–H groups in total. The SMILES string of the molecule is COc1ccc(COc2nc(OCc3ccc(OC)cc3)c(C(C)C)c(C(=O)c3cccc(/C=C/C#N)c3)n2)cc1. The number of benzene rings is 3. The molecule has 4 rings (SSSR count).